The van der Waals surface area contributed by atoms with E-state index in [2.05, 4.69) is 29.7 Å². The maximum absolute atomic E-state index is 10.2. The van der Waals surface area contributed by atoms with Gasteiger partial charge in [-0.2, -0.15) is 5.10 Å². The predicted octanol–water partition coefficient (Wildman–Crippen LogP) is 3.52. The minimum atomic E-state index is -0.361. The monoisotopic (exact) mass is 272 g/mol. The van der Waals surface area contributed by atoms with Gasteiger partial charge in [0.15, 0.2) is 0 Å². The predicted molar refractivity (Wildman–Crippen MR) is 81.6 cm³/mol. The topological polar surface area (TPSA) is 38.0 Å². The van der Waals surface area contributed by atoms with Gasteiger partial charge in [0.2, 0.25) is 0 Å². The number of hydrogen-bond donors (Lipinski definition) is 1. The van der Waals surface area contributed by atoms with Gasteiger partial charge in [-0.05, 0) is 44.2 Å². The van der Waals surface area contributed by atoms with E-state index >= 15 is 0 Å². The number of aliphatic hydroxyl groups excluding tert-OH is 1. The molecular formula is C17H24N2O. The highest BCUT2D eigenvalue weighted by molar-refractivity contribution is 5.17. The molecule has 1 unspecified atom stereocenters. The Hall–Kier alpha value is -1.61. The molecule has 0 aliphatic heterocycles. The van der Waals surface area contributed by atoms with E-state index in [0.29, 0.717) is 0 Å². The first kappa shape index (κ1) is 14.8. The SMILES string of the molecule is CCc1cc(CCCC(O)c2ccccc2)n(CC)n1. The summed E-state index contributed by atoms with van der Waals surface area (Å²) in [5, 5.41) is 14.7. The molecule has 3 heteroatoms. The van der Waals surface area contributed by atoms with Crippen LogP contribution < -0.4 is 0 Å². The molecule has 0 bridgehead atoms. The van der Waals surface area contributed by atoms with E-state index in [-0.39, 0.29) is 6.10 Å². The zero-order valence-corrected chi connectivity index (χ0v) is 12.4. The third-order valence-corrected chi connectivity index (χ3v) is 3.67. The summed E-state index contributed by atoms with van der Waals surface area (Å²) >= 11 is 0. The van der Waals surface area contributed by atoms with Gasteiger partial charge in [-0.25, -0.2) is 0 Å². The molecule has 1 aromatic carbocycles. The van der Waals surface area contributed by atoms with E-state index in [1.807, 2.05) is 30.3 Å². The molecule has 1 atom stereocenters. The second-order valence-electron chi connectivity index (χ2n) is 5.12. The molecule has 1 aromatic heterocycles. The maximum atomic E-state index is 10.2. The fourth-order valence-corrected chi connectivity index (χ4v) is 2.48. The Morgan fingerprint density at radius 3 is 2.60 bits per heavy atom. The van der Waals surface area contributed by atoms with Crippen LogP contribution in [0.4, 0.5) is 0 Å². The van der Waals surface area contributed by atoms with Gasteiger partial charge in [-0.1, -0.05) is 37.3 Å². The van der Waals surface area contributed by atoms with E-state index in [1.54, 1.807) is 0 Å². The molecule has 1 heterocycles. The average Bonchev–Trinajstić information content (AvgIpc) is 2.90. The standard InChI is InChI=1S/C17H24N2O/c1-3-15-13-16(19(4-2)18-15)11-8-12-17(20)14-9-6-5-7-10-14/h5-7,9-10,13,17,20H,3-4,8,11-12H2,1-2H3. The molecule has 1 N–H and O–H groups in total. The summed E-state index contributed by atoms with van der Waals surface area (Å²) in [6.45, 7) is 5.16. The van der Waals surface area contributed by atoms with E-state index < -0.39 is 0 Å². The van der Waals surface area contributed by atoms with Crippen molar-refractivity contribution in [1.82, 2.24) is 9.78 Å². The smallest absolute Gasteiger partial charge is 0.0790 e. The quantitative estimate of drug-likeness (QED) is 0.837. The lowest BCUT2D eigenvalue weighted by Gasteiger charge is -2.11. The first-order chi connectivity index (χ1) is 9.74. The fourth-order valence-electron chi connectivity index (χ4n) is 2.48. The first-order valence-electron chi connectivity index (χ1n) is 7.53. The Labute approximate surface area is 121 Å². The molecule has 20 heavy (non-hydrogen) atoms. The van der Waals surface area contributed by atoms with E-state index in [9.17, 15) is 5.11 Å². The first-order valence-corrected chi connectivity index (χ1v) is 7.53. The Morgan fingerprint density at radius 1 is 1.20 bits per heavy atom. The van der Waals surface area contributed by atoms with E-state index in [0.717, 1.165) is 43.5 Å². The number of aromatic nitrogens is 2. The summed E-state index contributed by atoms with van der Waals surface area (Å²) in [4.78, 5) is 0. The number of benzene rings is 1. The third kappa shape index (κ3) is 3.70. The maximum Gasteiger partial charge on any atom is 0.0790 e. The van der Waals surface area contributed by atoms with Crippen LogP contribution in [0.15, 0.2) is 36.4 Å². The highest BCUT2D eigenvalue weighted by Gasteiger charge is 2.09. The van der Waals surface area contributed by atoms with Gasteiger partial charge in [0.05, 0.1) is 11.8 Å². The molecule has 2 rings (SSSR count). The molecule has 0 spiro atoms. The van der Waals surface area contributed by atoms with Crippen molar-refractivity contribution in [2.75, 3.05) is 0 Å². The Morgan fingerprint density at radius 2 is 1.95 bits per heavy atom. The van der Waals surface area contributed by atoms with E-state index in [1.165, 1.54) is 5.69 Å². The zero-order valence-electron chi connectivity index (χ0n) is 12.4. The molecule has 0 aliphatic carbocycles. The summed E-state index contributed by atoms with van der Waals surface area (Å²) in [7, 11) is 0. The second-order valence-corrected chi connectivity index (χ2v) is 5.12. The Bertz CT molecular complexity index is 519. The molecule has 0 fully saturated rings. The molecule has 0 amide bonds. The molecule has 3 nitrogen and oxygen atoms in total. The van der Waals surface area contributed by atoms with Crippen molar-refractivity contribution in [1.29, 1.82) is 0 Å². The molecule has 2 aromatic rings. The lowest BCUT2D eigenvalue weighted by Crippen LogP contribution is -2.04. The van der Waals surface area contributed by atoms with Crippen LogP contribution in [-0.4, -0.2) is 14.9 Å². The summed E-state index contributed by atoms with van der Waals surface area (Å²) in [5.74, 6) is 0. The van der Waals surface area contributed by atoms with Gasteiger partial charge in [-0.3, -0.25) is 4.68 Å². The van der Waals surface area contributed by atoms with E-state index in [4.69, 9.17) is 0 Å². The number of rotatable bonds is 7. The van der Waals surface area contributed by atoms with Crippen molar-refractivity contribution >= 4 is 0 Å². The average molecular weight is 272 g/mol. The van der Waals surface area contributed by atoms with Crippen LogP contribution in [-0.2, 0) is 19.4 Å². The lowest BCUT2D eigenvalue weighted by molar-refractivity contribution is 0.164. The van der Waals surface area contributed by atoms with Crippen molar-refractivity contribution in [3.63, 3.8) is 0 Å². The van der Waals surface area contributed by atoms with Crippen molar-refractivity contribution in [3.8, 4) is 0 Å². The normalized spacial score (nSPS) is 12.6. The highest BCUT2D eigenvalue weighted by Crippen LogP contribution is 2.19. The van der Waals surface area contributed by atoms with Crippen LogP contribution in [0, 0.1) is 0 Å². The molecule has 0 radical (unpaired) electrons. The van der Waals surface area contributed by atoms with Crippen LogP contribution in [0.1, 0.15) is 49.7 Å². The number of aryl methyl sites for hydroxylation is 3. The highest BCUT2D eigenvalue weighted by atomic mass is 16.3. The lowest BCUT2D eigenvalue weighted by atomic mass is 10.0. The van der Waals surface area contributed by atoms with Crippen molar-refractivity contribution in [3.05, 3.63) is 53.3 Å². The van der Waals surface area contributed by atoms with Crippen LogP contribution in [0.3, 0.4) is 0 Å². The molecule has 0 saturated carbocycles. The van der Waals surface area contributed by atoms with Gasteiger partial charge in [-0.15, -0.1) is 0 Å². The molecule has 0 aliphatic rings. The molecular weight excluding hydrogens is 248 g/mol. The number of nitrogens with zero attached hydrogens (tertiary/aromatic N) is 2. The number of aliphatic hydroxyl groups is 1. The van der Waals surface area contributed by atoms with Crippen molar-refractivity contribution in [2.24, 2.45) is 0 Å². The minimum Gasteiger partial charge on any atom is -0.388 e. The zero-order chi connectivity index (χ0) is 14.4. The molecule has 0 saturated heterocycles. The summed E-state index contributed by atoms with van der Waals surface area (Å²) in [6, 6.07) is 12.1. The third-order valence-electron chi connectivity index (χ3n) is 3.67. The Kier molecular flexibility index (Phi) is 5.36. The largest absolute Gasteiger partial charge is 0.388 e. The van der Waals surface area contributed by atoms with Crippen LogP contribution in [0.25, 0.3) is 0 Å². The fraction of sp³-hybridized carbons (Fsp3) is 0.471. The number of hydrogen-bond acceptors (Lipinski definition) is 2. The van der Waals surface area contributed by atoms with Crippen LogP contribution >= 0.6 is 0 Å². The van der Waals surface area contributed by atoms with Gasteiger partial charge >= 0.3 is 0 Å². The van der Waals surface area contributed by atoms with Gasteiger partial charge in [0, 0.05) is 12.2 Å². The second kappa shape index (κ2) is 7.25. The summed E-state index contributed by atoms with van der Waals surface area (Å²) in [5.41, 5.74) is 3.45. The van der Waals surface area contributed by atoms with Crippen LogP contribution in [0.5, 0.6) is 0 Å². The molecule has 108 valence electrons. The van der Waals surface area contributed by atoms with Gasteiger partial charge < -0.3 is 5.11 Å². The summed E-state index contributed by atoms with van der Waals surface area (Å²) in [6.07, 6.45) is 3.36. The summed E-state index contributed by atoms with van der Waals surface area (Å²) < 4.78 is 2.08. The van der Waals surface area contributed by atoms with Crippen molar-refractivity contribution in [2.45, 2.75) is 52.2 Å². The van der Waals surface area contributed by atoms with Crippen LogP contribution in [0.2, 0.25) is 0 Å². The minimum absolute atomic E-state index is 0.361. The van der Waals surface area contributed by atoms with Crippen molar-refractivity contribution < 1.29 is 5.11 Å². The van der Waals surface area contributed by atoms with Gasteiger partial charge in [0.1, 0.15) is 0 Å². The van der Waals surface area contributed by atoms with Gasteiger partial charge in [0.25, 0.3) is 0 Å². The Balaban J connectivity index is 1.88.